The summed E-state index contributed by atoms with van der Waals surface area (Å²) in [6.07, 6.45) is 9.04. The molecule has 0 unspecified atom stereocenters. The average molecular weight is 357 g/mol. The zero-order chi connectivity index (χ0) is 17.6. The smallest absolute Gasteiger partial charge is 0.255 e. The van der Waals surface area contributed by atoms with Gasteiger partial charge < -0.3 is 10.1 Å². The molecule has 3 rings (SSSR count). The number of benzene rings is 1. The summed E-state index contributed by atoms with van der Waals surface area (Å²) in [4.78, 5) is 16.6. The van der Waals surface area contributed by atoms with Crippen molar-refractivity contribution in [3.05, 3.63) is 54.6 Å². The number of aromatic nitrogens is 4. The maximum absolute atomic E-state index is 12.4. The largest absolute Gasteiger partial charge is 0.383 e. The number of amides is 1. The fourth-order valence-electron chi connectivity index (χ4n) is 2.35. The number of hydrogen-bond donors (Lipinski definition) is 1. The molecule has 1 aromatic carbocycles. The van der Waals surface area contributed by atoms with E-state index in [1.54, 1.807) is 54.3 Å². The fourth-order valence-corrected chi connectivity index (χ4v) is 2.88. The highest BCUT2D eigenvalue weighted by Gasteiger charge is 2.09. The van der Waals surface area contributed by atoms with Gasteiger partial charge in [0.05, 0.1) is 25.0 Å². The van der Waals surface area contributed by atoms with Crippen LogP contribution in [0.3, 0.4) is 0 Å². The van der Waals surface area contributed by atoms with Crippen molar-refractivity contribution in [3.8, 4) is 5.69 Å². The number of rotatable bonds is 7. The van der Waals surface area contributed by atoms with Gasteiger partial charge in [0.15, 0.2) is 5.16 Å². The summed E-state index contributed by atoms with van der Waals surface area (Å²) in [5.74, 6) is -0.173. The normalized spacial score (nSPS) is 10.8. The number of hydrogen-bond acceptors (Lipinski definition) is 5. The van der Waals surface area contributed by atoms with Crippen LogP contribution in [0, 0.1) is 0 Å². The van der Waals surface area contributed by atoms with Crippen LogP contribution in [0.15, 0.2) is 54.2 Å². The van der Waals surface area contributed by atoms with E-state index in [1.165, 1.54) is 0 Å². The van der Waals surface area contributed by atoms with Crippen molar-refractivity contribution in [3.63, 3.8) is 0 Å². The zero-order valence-electron chi connectivity index (χ0n) is 14.0. The minimum absolute atomic E-state index is 0.173. The summed E-state index contributed by atoms with van der Waals surface area (Å²) in [5, 5.41) is 7.93. The van der Waals surface area contributed by atoms with Crippen LogP contribution in [-0.4, -0.2) is 45.2 Å². The first-order valence-corrected chi connectivity index (χ1v) is 8.94. The molecule has 0 aliphatic rings. The Hall–Kier alpha value is -2.58. The molecule has 0 atom stereocenters. The van der Waals surface area contributed by atoms with Gasteiger partial charge in [0.2, 0.25) is 0 Å². The minimum atomic E-state index is -0.173. The predicted molar refractivity (Wildman–Crippen MR) is 97.4 cm³/mol. The third kappa shape index (κ3) is 4.09. The van der Waals surface area contributed by atoms with Crippen LogP contribution in [-0.2, 0) is 11.3 Å². The monoisotopic (exact) mass is 357 g/mol. The molecule has 3 aromatic rings. The fraction of sp³-hybridized carbons (Fsp3) is 0.235. The molecule has 7 nitrogen and oxygen atoms in total. The van der Waals surface area contributed by atoms with Gasteiger partial charge in [-0.15, -0.1) is 0 Å². The maximum Gasteiger partial charge on any atom is 0.255 e. The molecular weight excluding hydrogens is 338 g/mol. The number of thioether (sulfide) groups is 1. The Bertz CT molecular complexity index is 841. The molecule has 0 aliphatic heterocycles. The molecule has 0 bridgehead atoms. The molecule has 0 aliphatic carbocycles. The lowest BCUT2D eigenvalue weighted by Crippen LogP contribution is -2.11. The number of nitrogens with zero attached hydrogens (tertiary/aromatic N) is 4. The third-order valence-electron chi connectivity index (χ3n) is 3.61. The molecule has 0 spiro atoms. The van der Waals surface area contributed by atoms with Crippen LogP contribution in [0.25, 0.3) is 5.69 Å². The van der Waals surface area contributed by atoms with Crippen molar-refractivity contribution < 1.29 is 9.53 Å². The van der Waals surface area contributed by atoms with E-state index in [-0.39, 0.29) is 5.91 Å². The van der Waals surface area contributed by atoms with E-state index in [9.17, 15) is 4.79 Å². The van der Waals surface area contributed by atoms with Gasteiger partial charge in [0, 0.05) is 37.0 Å². The molecule has 0 saturated carbocycles. The first-order valence-electron chi connectivity index (χ1n) is 7.72. The number of carbonyl (C=O) groups excluding carboxylic acids is 1. The molecular formula is C17H19N5O2S. The lowest BCUT2D eigenvalue weighted by Gasteiger charge is -2.07. The van der Waals surface area contributed by atoms with Gasteiger partial charge in [0.25, 0.3) is 5.91 Å². The summed E-state index contributed by atoms with van der Waals surface area (Å²) >= 11 is 1.57. The molecule has 8 heteroatoms. The molecule has 2 aromatic heterocycles. The second kappa shape index (κ2) is 8.00. The Morgan fingerprint density at radius 2 is 2.12 bits per heavy atom. The van der Waals surface area contributed by atoms with Gasteiger partial charge >= 0.3 is 0 Å². The van der Waals surface area contributed by atoms with Crippen molar-refractivity contribution in [1.29, 1.82) is 0 Å². The third-order valence-corrected chi connectivity index (χ3v) is 4.28. The number of nitrogens with one attached hydrogen (secondary N) is 1. The molecule has 0 saturated heterocycles. The van der Waals surface area contributed by atoms with Crippen molar-refractivity contribution in [2.24, 2.45) is 0 Å². The summed E-state index contributed by atoms with van der Waals surface area (Å²) in [7, 11) is 1.64. The van der Waals surface area contributed by atoms with E-state index < -0.39 is 0 Å². The number of imidazole rings is 1. The van der Waals surface area contributed by atoms with Crippen LogP contribution < -0.4 is 5.32 Å². The van der Waals surface area contributed by atoms with Gasteiger partial charge in [-0.05, 0) is 30.5 Å². The van der Waals surface area contributed by atoms with Gasteiger partial charge in [-0.2, -0.15) is 5.10 Å². The summed E-state index contributed by atoms with van der Waals surface area (Å²) < 4.78 is 8.71. The minimum Gasteiger partial charge on any atom is -0.383 e. The SMILES string of the molecule is COCCn1cc(NC(=O)c2ccc(-n3ccnc3SC)cc2)cn1. The van der Waals surface area contributed by atoms with Crippen LogP contribution in [0.1, 0.15) is 10.4 Å². The lowest BCUT2D eigenvalue weighted by molar-refractivity contribution is 0.102. The molecule has 1 N–H and O–H groups in total. The van der Waals surface area contributed by atoms with Crippen LogP contribution in [0.4, 0.5) is 5.69 Å². The molecule has 1 amide bonds. The van der Waals surface area contributed by atoms with Gasteiger partial charge in [-0.25, -0.2) is 4.98 Å². The molecule has 0 fully saturated rings. The molecule has 130 valence electrons. The second-order valence-electron chi connectivity index (χ2n) is 5.27. The Balaban J connectivity index is 1.67. The van der Waals surface area contributed by atoms with E-state index in [1.807, 2.05) is 29.2 Å². The highest BCUT2D eigenvalue weighted by molar-refractivity contribution is 7.98. The van der Waals surface area contributed by atoms with Gasteiger partial charge in [-0.1, -0.05) is 11.8 Å². The van der Waals surface area contributed by atoms with Crippen LogP contribution in [0.5, 0.6) is 0 Å². The quantitative estimate of drug-likeness (QED) is 0.658. The van der Waals surface area contributed by atoms with E-state index in [2.05, 4.69) is 15.4 Å². The number of carbonyl (C=O) groups is 1. The highest BCUT2D eigenvalue weighted by atomic mass is 32.2. The van der Waals surface area contributed by atoms with Crippen LogP contribution in [0.2, 0.25) is 0 Å². The van der Waals surface area contributed by atoms with E-state index in [4.69, 9.17) is 4.74 Å². The standard InChI is InChI=1S/C17H19N5O2S/c1-24-10-9-21-12-14(11-19-21)20-16(23)13-3-5-15(6-4-13)22-8-7-18-17(22)25-2/h3-8,11-12H,9-10H2,1-2H3,(H,20,23). The second-order valence-corrected chi connectivity index (χ2v) is 6.04. The summed E-state index contributed by atoms with van der Waals surface area (Å²) in [5.41, 5.74) is 2.20. The van der Waals surface area contributed by atoms with E-state index in [0.29, 0.717) is 24.4 Å². The average Bonchev–Trinajstić information content (AvgIpc) is 3.29. The first kappa shape index (κ1) is 17.2. The Morgan fingerprint density at radius 3 is 2.84 bits per heavy atom. The van der Waals surface area contributed by atoms with Gasteiger partial charge in [-0.3, -0.25) is 14.0 Å². The first-order chi connectivity index (χ1) is 12.2. The van der Waals surface area contributed by atoms with E-state index in [0.717, 1.165) is 10.8 Å². The highest BCUT2D eigenvalue weighted by Crippen LogP contribution is 2.18. The number of ether oxygens (including phenoxy) is 1. The van der Waals surface area contributed by atoms with Crippen molar-refractivity contribution in [2.45, 2.75) is 11.7 Å². The van der Waals surface area contributed by atoms with Crippen molar-refractivity contribution in [2.75, 3.05) is 25.3 Å². The maximum atomic E-state index is 12.4. The predicted octanol–water partition coefficient (Wildman–Crippen LogP) is 2.69. The van der Waals surface area contributed by atoms with E-state index >= 15 is 0 Å². The Kier molecular flexibility index (Phi) is 5.52. The van der Waals surface area contributed by atoms with Gasteiger partial charge in [0.1, 0.15) is 0 Å². The Morgan fingerprint density at radius 1 is 1.32 bits per heavy atom. The lowest BCUT2D eigenvalue weighted by atomic mass is 10.2. The van der Waals surface area contributed by atoms with Crippen molar-refractivity contribution >= 4 is 23.4 Å². The molecule has 0 radical (unpaired) electrons. The molecule has 2 heterocycles. The topological polar surface area (TPSA) is 74.0 Å². The number of anilines is 1. The van der Waals surface area contributed by atoms with Crippen molar-refractivity contribution in [1.82, 2.24) is 19.3 Å². The number of methoxy groups -OCH3 is 1. The summed E-state index contributed by atoms with van der Waals surface area (Å²) in [6.45, 7) is 1.21. The van der Waals surface area contributed by atoms with Crippen LogP contribution >= 0.6 is 11.8 Å². The molecule has 25 heavy (non-hydrogen) atoms. The summed E-state index contributed by atoms with van der Waals surface area (Å²) in [6, 6.07) is 7.39. The zero-order valence-corrected chi connectivity index (χ0v) is 14.9. The Labute approximate surface area is 150 Å².